The van der Waals surface area contributed by atoms with Crippen LogP contribution in [0.2, 0.25) is 0 Å². The van der Waals surface area contributed by atoms with Crippen LogP contribution in [-0.2, 0) is 17.3 Å². The molecule has 0 radical (unpaired) electrons. The van der Waals surface area contributed by atoms with E-state index in [-0.39, 0.29) is 29.9 Å². The van der Waals surface area contributed by atoms with Crippen molar-refractivity contribution in [3.8, 4) is 5.75 Å². The number of aromatic nitrogens is 1. The molecule has 2 aromatic rings. The Bertz CT molecular complexity index is 1070. The Morgan fingerprint density at radius 1 is 1.15 bits per heavy atom. The van der Waals surface area contributed by atoms with E-state index in [9.17, 15) is 9.90 Å². The average Bonchev–Trinajstić information content (AvgIpc) is 3.51. The fourth-order valence-electron chi connectivity index (χ4n) is 7.28. The molecule has 184 valence electrons. The first-order valence-corrected chi connectivity index (χ1v) is 13.3. The highest BCUT2D eigenvalue weighted by molar-refractivity contribution is 5.90. The van der Waals surface area contributed by atoms with Gasteiger partial charge in [-0.1, -0.05) is 12.8 Å². The summed E-state index contributed by atoms with van der Waals surface area (Å²) in [6.45, 7) is 4.13. The van der Waals surface area contributed by atoms with Gasteiger partial charge in [-0.05, 0) is 75.2 Å². The number of likely N-dealkylation sites (tertiary alicyclic amines) is 1. The van der Waals surface area contributed by atoms with E-state index >= 15 is 0 Å². The summed E-state index contributed by atoms with van der Waals surface area (Å²) in [5, 5.41) is 11.8. The topological polar surface area (TPSA) is 57.9 Å². The maximum Gasteiger partial charge on any atom is 0.226 e. The molecule has 2 aliphatic heterocycles. The molecule has 3 fully saturated rings. The highest BCUT2D eigenvalue weighted by atomic mass is 16.5. The zero-order chi connectivity index (χ0) is 23.4. The van der Waals surface area contributed by atoms with Gasteiger partial charge in [-0.15, -0.1) is 0 Å². The molecule has 1 atom stereocenters. The summed E-state index contributed by atoms with van der Waals surface area (Å²) in [6, 6.07) is 6.10. The second kappa shape index (κ2) is 8.56. The highest BCUT2D eigenvalue weighted by Gasteiger charge is 2.51. The third kappa shape index (κ3) is 3.56. The summed E-state index contributed by atoms with van der Waals surface area (Å²) in [5.41, 5.74) is 3.60. The highest BCUT2D eigenvalue weighted by Crippen LogP contribution is 2.51. The zero-order valence-corrected chi connectivity index (χ0v) is 20.8. The molecule has 6 nitrogen and oxygen atoms in total. The number of aliphatic hydroxyl groups is 1. The van der Waals surface area contributed by atoms with Crippen LogP contribution in [0.15, 0.2) is 18.2 Å². The van der Waals surface area contributed by atoms with Crippen LogP contribution in [0.3, 0.4) is 0 Å². The van der Waals surface area contributed by atoms with Crippen molar-refractivity contribution in [3.63, 3.8) is 0 Å². The van der Waals surface area contributed by atoms with Crippen molar-refractivity contribution in [2.24, 2.45) is 18.9 Å². The number of aryl methyl sites for hydroxylation is 1. The van der Waals surface area contributed by atoms with Crippen molar-refractivity contribution >= 4 is 16.8 Å². The van der Waals surface area contributed by atoms with Crippen LogP contribution in [0.4, 0.5) is 0 Å². The van der Waals surface area contributed by atoms with Crippen LogP contribution >= 0.6 is 0 Å². The molecule has 6 heteroatoms. The van der Waals surface area contributed by atoms with Gasteiger partial charge in [-0.3, -0.25) is 4.79 Å². The number of benzene rings is 1. The summed E-state index contributed by atoms with van der Waals surface area (Å²) in [4.78, 5) is 18.2. The summed E-state index contributed by atoms with van der Waals surface area (Å²) >= 11 is 0. The van der Waals surface area contributed by atoms with Gasteiger partial charge in [0.15, 0.2) is 0 Å². The fourth-order valence-corrected chi connectivity index (χ4v) is 7.28. The van der Waals surface area contributed by atoms with E-state index in [1.807, 2.05) is 0 Å². The number of piperidine rings is 1. The molecule has 1 aromatic heterocycles. The predicted molar refractivity (Wildman–Crippen MR) is 133 cm³/mol. The van der Waals surface area contributed by atoms with Gasteiger partial charge in [0.2, 0.25) is 5.91 Å². The predicted octanol–water partition coefficient (Wildman–Crippen LogP) is 4.00. The lowest BCUT2D eigenvalue weighted by Gasteiger charge is -2.51. The largest absolute Gasteiger partial charge is 0.497 e. The Morgan fingerprint density at radius 2 is 1.88 bits per heavy atom. The Balaban J connectivity index is 1.41. The van der Waals surface area contributed by atoms with Gasteiger partial charge < -0.3 is 24.2 Å². The molecular formula is C28H39N3O3. The second-order valence-electron chi connectivity index (χ2n) is 11.4. The molecule has 3 heterocycles. The number of amides is 1. The Kier molecular flexibility index (Phi) is 5.64. The van der Waals surface area contributed by atoms with Crippen molar-refractivity contribution in [1.82, 2.24) is 14.4 Å². The van der Waals surface area contributed by atoms with Crippen LogP contribution in [0.5, 0.6) is 5.75 Å². The maximum absolute atomic E-state index is 13.5. The van der Waals surface area contributed by atoms with Gasteiger partial charge in [0.25, 0.3) is 0 Å². The van der Waals surface area contributed by atoms with Gasteiger partial charge >= 0.3 is 0 Å². The third-order valence-electron chi connectivity index (χ3n) is 9.34. The SMILES string of the molecule is COc1ccc2c3c(n(C)c2c1)[C@@H](CO)N(C(=O)C1CC1)CC31CCN(CC2CCCC2)CC1. The van der Waals surface area contributed by atoms with Gasteiger partial charge in [0.1, 0.15) is 5.75 Å². The van der Waals surface area contributed by atoms with E-state index in [4.69, 9.17) is 4.74 Å². The molecule has 34 heavy (non-hydrogen) atoms. The third-order valence-corrected chi connectivity index (χ3v) is 9.34. The number of nitrogens with zero attached hydrogens (tertiary/aromatic N) is 3. The molecule has 1 N–H and O–H groups in total. The van der Waals surface area contributed by atoms with Crippen molar-refractivity contribution in [2.75, 3.05) is 39.9 Å². The number of hydrogen-bond acceptors (Lipinski definition) is 4. The lowest BCUT2D eigenvalue weighted by atomic mass is 9.68. The molecular weight excluding hydrogens is 426 g/mol. The number of aliphatic hydroxyl groups excluding tert-OH is 1. The standard InChI is InChI=1S/C28H39N3O3/c1-29-23-15-21(34-2)9-10-22(23)25-26(29)24(17-32)31(27(33)20-7-8-20)18-28(25)11-13-30(14-12-28)16-19-5-3-4-6-19/h9-10,15,19-20,24,32H,3-8,11-14,16-18H2,1-2H3/t24-/m1/s1. The molecule has 0 bridgehead atoms. The number of methoxy groups -OCH3 is 1. The van der Waals surface area contributed by atoms with E-state index in [0.717, 1.165) is 68.2 Å². The van der Waals surface area contributed by atoms with Gasteiger partial charge in [0.05, 0.1) is 25.3 Å². The van der Waals surface area contributed by atoms with E-state index in [1.165, 1.54) is 43.2 Å². The second-order valence-corrected chi connectivity index (χ2v) is 11.4. The minimum absolute atomic E-state index is 0.0311. The number of hydrogen-bond donors (Lipinski definition) is 1. The van der Waals surface area contributed by atoms with E-state index in [1.54, 1.807) is 7.11 Å². The van der Waals surface area contributed by atoms with E-state index < -0.39 is 0 Å². The van der Waals surface area contributed by atoms with Crippen molar-refractivity contribution < 1.29 is 14.6 Å². The quantitative estimate of drug-likeness (QED) is 0.725. The molecule has 6 rings (SSSR count). The minimum Gasteiger partial charge on any atom is -0.497 e. The Morgan fingerprint density at radius 3 is 2.53 bits per heavy atom. The molecule has 1 spiro atoms. The summed E-state index contributed by atoms with van der Waals surface area (Å²) in [5.74, 6) is 2.12. The number of ether oxygens (including phenoxy) is 1. The maximum atomic E-state index is 13.5. The molecule has 4 aliphatic rings. The smallest absolute Gasteiger partial charge is 0.226 e. The fraction of sp³-hybridized carbons (Fsp3) is 0.679. The number of fused-ring (bicyclic) bond motifs is 4. The lowest BCUT2D eigenvalue weighted by Crippen LogP contribution is -2.56. The van der Waals surface area contributed by atoms with Gasteiger partial charge in [0, 0.05) is 48.6 Å². The first-order valence-electron chi connectivity index (χ1n) is 13.3. The molecule has 1 saturated heterocycles. The summed E-state index contributed by atoms with van der Waals surface area (Å²) < 4.78 is 7.77. The van der Waals surface area contributed by atoms with Crippen LogP contribution in [0.25, 0.3) is 10.9 Å². The zero-order valence-electron chi connectivity index (χ0n) is 20.8. The number of rotatable bonds is 5. The Labute approximate surface area is 202 Å². The molecule has 2 aliphatic carbocycles. The van der Waals surface area contributed by atoms with E-state index in [2.05, 4.69) is 39.6 Å². The Hall–Kier alpha value is -2.05. The van der Waals surface area contributed by atoms with Crippen LogP contribution < -0.4 is 4.74 Å². The van der Waals surface area contributed by atoms with E-state index in [0.29, 0.717) is 0 Å². The summed E-state index contributed by atoms with van der Waals surface area (Å²) in [7, 11) is 3.80. The molecule has 0 unspecified atom stereocenters. The van der Waals surface area contributed by atoms with Crippen molar-refractivity contribution in [1.29, 1.82) is 0 Å². The van der Waals surface area contributed by atoms with Crippen LogP contribution in [0, 0.1) is 11.8 Å². The lowest BCUT2D eigenvalue weighted by molar-refractivity contribution is -0.138. The van der Waals surface area contributed by atoms with Crippen molar-refractivity contribution in [2.45, 2.75) is 62.8 Å². The molecule has 2 saturated carbocycles. The first kappa shape index (κ1) is 22.4. The first-order chi connectivity index (χ1) is 16.5. The average molecular weight is 466 g/mol. The number of carbonyl (C=O) groups is 1. The van der Waals surface area contributed by atoms with Crippen molar-refractivity contribution in [3.05, 3.63) is 29.5 Å². The summed E-state index contributed by atoms with van der Waals surface area (Å²) in [6.07, 6.45) is 9.70. The molecule has 1 aromatic carbocycles. The van der Waals surface area contributed by atoms with Crippen LogP contribution in [0.1, 0.15) is 68.7 Å². The molecule has 1 amide bonds. The number of carbonyl (C=O) groups excluding carboxylic acids is 1. The normalized spacial score (nSPS) is 25.3. The van der Waals surface area contributed by atoms with Crippen LogP contribution in [-0.4, -0.2) is 65.3 Å². The van der Waals surface area contributed by atoms with Gasteiger partial charge in [-0.25, -0.2) is 0 Å². The minimum atomic E-state index is -0.270. The monoisotopic (exact) mass is 465 g/mol. The van der Waals surface area contributed by atoms with Gasteiger partial charge in [-0.2, -0.15) is 0 Å².